The zero-order chi connectivity index (χ0) is 13.1. The first-order valence-corrected chi connectivity index (χ1v) is 7.11. The standard InChI is InChI=1S/C15H19ClF2/c1-10-7-12(15(18)9-14(10)17)13(16)8-11-5-3-2-4-6-11/h7,9,11,13H,2-6,8H2,1H3. The summed E-state index contributed by atoms with van der Waals surface area (Å²) in [7, 11) is 0. The van der Waals surface area contributed by atoms with Gasteiger partial charge < -0.3 is 0 Å². The molecule has 1 fully saturated rings. The molecule has 100 valence electrons. The molecule has 0 N–H and O–H groups in total. The highest BCUT2D eigenvalue weighted by atomic mass is 35.5. The second-order valence-electron chi connectivity index (χ2n) is 5.33. The lowest BCUT2D eigenvalue weighted by atomic mass is 9.85. The van der Waals surface area contributed by atoms with Crippen LogP contribution in [-0.2, 0) is 0 Å². The number of hydrogen-bond acceptors (Lipinski definition) is 0. The third-order valence-electron chi connectivity index (χ3n) is 3.88. The van der Waals surface area contributed by atoms with E-state index in [1.54, 1.807) is 13.0 Å². The van der Waals surface area contributed by atoms with Crippen LogP contribution in [0.4, 0.5) is 8.78 Å². The number of halogens is 3. The summed E-state index contributed by atoms with van der Waals surface area (Å²) in [5.74, 6) is -0.433. The van der Waals surface area contributed by atoms with Gasteiger partial charge in [0.15, 0.2) is 0 Å². The highest BCUT2D eigenvalue weighted by Crippen LogP contribution is 2.36. The van der Waals surface area contributed by atoms with E-state index in [1.165, 1.54) is 32.1 Å². The van der Waals surface area contributed by atoms with Crippen molar-refractivity contribution >= 4 is 11.6 Å². The van der Waals surface area contributed by atoms with E-state index in [-0.39, 0.29) is 5.38 Å². The molecule has 0 radical (unpaired) electrons. The number of hydrogen-bond donors (Lipinski definition) is 0. The van der Waals surface area contributed by atoms with Crippen molar-refractivity contribution in [1.82, 2.24) is 0 Å². The van der Waals surface area contributed by atoms with Crippen molar-refractivity contribution in [3.8, 4) is 0 Å². The normalized spacial score (nSPS) is 18.9. The average molecular weight is 273 g/mol. The van der Waals surface area contributed by atoms with Gasteiger partial charge in [0.1, 0.15) is 11.6 Å². The van der Waals surface area contributed by atoms with Crippen LogP contribution in [0.3, 0.4) is 0 Å². The molecule has 0 aliphatic heterocycles. The lowest BCUT2D eigenvalue weighted by Gasteiger charge is -2.24. The molecule has 1 aliphatic rings. The number of benzene rings is 1. The molecule has 18 heavy (non-hydrogen) atoms. The fourth-order valence-corrected chi connectivity index (χ4v) is 3.18. The maximum Gasteiger partial charge on any atom is 0.130 e. The van der Waals surface area contributed by atoms with Gasteiger partial charge in [0.05, 0.1) is 5.38 Å². The molecule has 0 bridgehead atoms. The third kappa shape index (κ3) is 3.23. The molecule has 1 aliphatic carbocycles. The monoisotopic (exact) mass is 272 g/mol. The van der Waals surface area contributed by atoms with Gasteiger partial charge in [-0.1, -0.05) is 32.1 Å². The first kappa shape index (κ1) is 13.8. The molecule has 1 saturated carbocycles. The Morgan fingerprint density at radius 3 is 2.50 bits per heavy atom. The van der Waals surface area contributed by atoms with Gasteiger partial charge >= 0.3 is 0 Å². The van der Waals surface area contributed by atoms with Crippen LogP contribution in [0, 0.1) is 24.5 Å². The van der Waals surface area contributed by atoms with E-state index in [0.717, 1.165) is 12.5 Å². The van der Waals surface area contributed by atoms with Gasteiger partial charge in [-0.3, -0.25) is 0 Å². The topological polar surface area (TPSA) is 0 Å². The van der Waals surface area contributed by atoms with Gasteiger partial charge in [-0.2, -0.15) is 0 Å². The van der Waals surface area contributed by atoms with E-state index in [1.807, 2.05) is 0 Å². The minimum atomic E-state index is -0.520. The Balaban J connectivity index is 2.08. The maximum absolute atomic E-state index is 13.7. The van der Waals surface area contributed by atoms with E-state index in [9.17, 15) is 8.78 Å². The summed E-state index contributed by atoms with van der Waals surface area (Å²) in [5, 5.41) is -0.340. The van der Waals surface area contributed by atoms with E-state index in [4.69, 9.17) is 11.6 Å². The van der Waals surface area contributed by atoms with Crippen molar-refractivity contribution in [3.05, 3.63) is 34.9 Å². The van der Waals surface area contributed by atoms with E-state index >= 15 is 0 Å². The third-order valence-corrected chi connectivity index (χ3v) is 4.29. The first-order valence-electron chi connectivity index (χ1n) is 6.67. The van der Waals surface area contributed by atoms with Crippen LogP contribution >= 0.6 is 11.6 Å². The summed E-state index contributed by atoms with van der Waals surface area (Å²) in [5.41, 5.74) is 0.904. The largest absolute Gasteiger partial charge is 0.207 e. The van der Waals surface area contributed by atoms with Gasteiger partial charge in [-0.15, -0.1) is 11.6 Å². The molecule has 1 atom stereocenters. The van der Waals surface area contributed by atoms with E-state index in [2.05, 4.69) is 0 Å². The molecule has 1 unspecified atom stereocenters. The molecular weight excluding hydrogens is 254 g/mol. The van der Waals surface area contributed by atoms with E-state index < -0.39 is 11.6 Å². The Morgan fingerprint density at radius 1 is 1.17 bits per heavy atom. The molecular formula is C15H19ClF2. The second kappa shape index (κ2) is 6.01. The van der Waals surface area contributed by atoms with Crippen molar-refractivity contribution in [3.63, 3.8) is 0 Å². The molecule has 1 aromatic rings. The SMILES string of the molecule is Cc1cc(C(Cl)CC2CCCCC2)c(F)cc1F. The smallest absolute Gasteiger partial charge is 0.130 e. The van der Waals surface area contributed by atoms with Crippen LogP contribution in [0.2, 0.25) is 0 Å². The van der Waals surface area contributed by atoms with Crippen molar-refractivity contribution in [2.45, 2.75) is 50.8 Å². The highest BCUT2D eigenvalue weighted by Gasteiger charge is 2.21. The van der Waals surface area contributed by atoms with Gasteiger partial charge in [0.25, 0.3) is 0 Å². The van der Waals surface area contributed by atoms with Crippen LogP contribution in [0.1, 0.15) is 55.0 Å². The molecule has 0 amide bonds. The Labute approximate surface area is 112 Å². The average Bonchev–Trinajstić information content (AvgIpc) is 2.35. The van der Waals surface area contributed by atoms with Crippen LogP contribution in [-0.4, -0.2) is 0 Å². The van der Waals surface area contributed by atoms with Gasteiger partial charge in [-0.25, -0.2) is 8.78 Å². The van der Waals surface area contributed by atoms with Crippen LogP contribution in [0.15, 0.2) is 12.1 Å². The minimum Gasteiger partial charge on any atom is -0.207 e. The predicted molar refractivity (Wildman–Crippen MR) is 70.9 cm³/mol. The zero-order valence-corrected chi connectivity index (χ0v) is 11.4. The quantitative estimate of drug-likeness (QED) is 0.635. The summed E-state index contributed by atoms with van der Waals surface area (Å²) in [6.45, 7) is 1.64. The fraction of sp³-hybridized carbons (Fsp3) is 0.600. The maximum atomic E-state index is 13.7. The lowest BCUT2D eigenvalue weighted by Crippen LogP contribution is -2.10. The van der Waals surface area contributed by atoms with Crippen LogP contribution in [0.25, 0.3) is 0 Å². The Morgan fingerprint density at radius 2 is 1.83 bits per heavy atom. The van der Waals surface area contributed by atoms with Gasteiger partial charge in [0, 0.05) is 11.6 Å². The van der Waals surface area contributed by atoms with Crippen molar-refractivity contribution in [1.29, 1.82) is 0 Å². The first-order chi connectivity index (χ1) is 8.58. The van der Waals surface area contributed by atoms with Crippen molar-refractivity contribution < 1.29 is 8.78 Å². The zero-order valence-electron chi connectivity index (χ0n) is 10.7. The number of rotatable bonds is 3. The molecule has 0 spiro atoms. The molecule has 0 heterocycles. The van der Waals surface area contributed by atoms with Gasteiger partial charge in [-0.05, 0) is 30.9 Å². The van der Waals surface area contributed by atoms with E-state index in [0.29, 0.717) is 17.0 Å². The van der Waals surface area contributed by atoms with Crippen molar-refractivity contribution in [2.75, 3.05) is 0 Å². The Kier molecular flexibility index (Phi) is 4.60. The van der Waals surface area contributed by atoms with Crippen LogP contribution < -0.4 is 0 Å². The second-order valence-corrected chi connectivity index (χ2v) is 5.86. The summed E-state index contributed by atoms with van der Waals surface area (Å²) in [4.78, 5) is 0. The Hall–Kier alpha value is -0.630. The van der Waals surface area contributed by atoms with Gasteiger partial charge in [0.2, 0.25) is 0 Å². The summed E-state index contributed by atoms with van der Waals surface area (Å²) >= 11 is 6.31. The number of alkyl halides is 1. The minimum absolute atomic E-state index is 0.340. The van der Waals surface area contributed by atoms with Crippen molar-refractivity contribution in [2.24, 2.45) is 5.92 Å². The molecule has 0 nitrogen and oxygen atoms in total. The van der Waals surface area contributed by atoms with Crippen LogP contribution in [0.5, 0.6) is 0 Å². The lowest BCUT2D eigenvalue weighted by molar-refractivity contribution is 0.334. The molecule has 2 rings (SSSR count). The molecule has 1 aromatic carbocycles. The Bertz CT molecular complexity index is 411. The molecule has 0 aromatic heterocycles. The fourth-order valence-electron chi connectivity index (χ4n) is 2.76. The summed E-state index contributed by atoms with van der Waals surface area (Å²) < 4.78 is 26.9. The molecule has 3 heteroatoms. The predicted octanol–water partition coefficient (Wildman–Crippen LogP) is 5.52. The summed E-state index contributed by atoms with van der Waals surface area (Å²) in [6, 6.07) is 2.49. The number of aryl methyl sites for hydroxylation is 1. The molecule has 0 saturated heterocycles. The highest BCUT2D eigenvalue weighted by molar-refractivity contribution is 6.20. The summed E-state index contributed by atoms with van der Waals surface area (Å²) in [6.07, 6.45) is 6.96.